The molecule has 7 heteroatoms. The van der Waals surface area contributed by atoms with Gasteiger partial charge in [0.15, 0.2) is 5.82 Å². The zero-order valence-corrected chi connectivity index (χ0v) is 15.7. The molecule has 4 aromatic rings. The quantitative estimate of drug-likeness (QED) is 0.556. The van der Waals surface area contributed by atoms with Crippen LogP contribution >= 0.6 is 0 Å². The number of hydrogen-bond acceptors (Lipinski definition) is 5. The normalized spacial score (nSPS) is 10.9. The van der Waals surface area contributed by atoms with Crippen molar-refractivity contribution in [1.82, 2.24) is 20.0 Å². The maximum Gasteiger partial charge on any atom is 0.274 e. The van der Waals surface area contributed by atoms with Crippen molar-refractivity contribution in [2.75, 3.05) is 20.7 Å². The standard InChI is InChI=1S/C21H20N4O3/c1-25(21(26)14-6-4-3-5-7-14)11-10-19-23-20(28-24-19)18-13-15-12-16(27-2)8-9-17(15)22-18/h3-9,12-13,22H,10-11H2,1-2H3. The summed E-state index contributed by atoms with van der Waals surface area (Å²) in [5.41, 5.74) is 2.37. The van der Waals surface area contributed by atoms with Crippen LogP contribution in [0.25, 0.3) is 22.5 Å². The largest absolute Gasteiger partial charge is 0.497 e. The van der Waals surface area contributed by atoms with Crippen LogP contribution in [-0.2, 0) is 6.42 Å². The van der Waals surface area contributed by atoms with Crippen LogP contribution in [0, 0.1) is 0 Å². The molecule has 0 aliphatic rings. The second-order valence-corrected chi connectivity index (χ2v) is 6.49. The van der Waals surface area contributed by atoms with E-state index in [2.05, 4.69) is 15.1 Å². The second kappa shape index (κ2) is 7.56. The summed E-state index contributed by atoms with van der Waals surface area (Å²) < 4.78 is 10.6. The van der Waals surface area contributed by atoms with Crippen molar-refractivity contribution in [3.63, 3.8) is 0 Å². The van der Waals surface area contributed by atoms with Gasteiger partial charge in [0.25, 0.3) is 11.8 Å². The number of carbonyl (C=O) groups is 1. The first kappa shape index (κ1) is 17.8. The molecule has 4 rings (SSSR count). The van der Waals surface area contributed by atoms with E-state index in [9.17, 15) is 4.79 Å². The van der Waals surface area contributed by atoms with Crippen molar-refractivity contribution < 1.29 is 14.1 Å². The third kappa shape index (κ3) is 3.59. The zero-order chi connectivity index (χ0) is 19.5. The van der Waals surface area contributed by atoms with Gasteiger partial charge in [-0.15, -0.1) is 0 Å². The fraction of sp³-hybridized carbons (Fsp3) is 0.190. The van der Waals surface area contributed by atoms with Crippen LogP contribution in [0.1, 0.15) is 16.2 Å². The lowest BCUT2D eigenvalue weighted by Crippen LogP contribution is -2.29. The van der Waals surface area contributed by atoms with Crippen LogP contribution in [0.5, 0.6) is 5.75 Å². The van der Waals surface area contributed by atoms with Gasteiger partial charge in [0.05, 0.1) is 7.11 Å². The van der Waals surface area contributed by atoms with Gasteiger partial charge in [-0.2, -0.15) is 4.98 Å². The minimum Gasteiger partial charge on any atom is -0.497 e. The summed E-state index contributed by atoms with van der Waals surface area (Å²) in [6.45, 7) is 0.497. The lowest BCUT2D eigenvalue weighted by Gasteiger charge is -2.15. The Morgan fingerprint density at radius 3 is 2.79 bits per heavy atom. The first-order valence-electron chi connectivity index (χ1n) is 8.94. The second-order valence-electron chi connectivity index (χ2n) is 6.49. The van der Waals surface area contributed by atoms with E-state index in [0.717, 1.165) is 22.3 Å². The van der Waals surface area contributed by atoms with E-state index in [1.165, 1.54) is 0 Å². The molecule has 142 valence electrons. The number of hydrogen-bond donors (Lipinski definition) is 1. The predicted molar refractivity (Wildman–Crippen MR) is 105 cm³/mol. The summed E-state index contributed by atoms with van der Waals surface area (Å²) in [5.74, 6) is 1.73. The molecule has 0 bridgehead atoms. The third-order valence-electron chi connectivity index (χ3n) is 4.56. The molecule has 0 saturated heterocycles. The van der Waals surface area contributed by atoms with Gasteiger partial charge in [-0.3, -0.25) is 4.79 Å². The van der Waals surface area contributed by atoms with Crippen LogP contribution in [0.2, 0.25) is 0 Å². The first-order chi connectivity index (χ1) is 13.6. The van der Waals surface area contributed by atoms with E-state index in [1.807, 2.05) is 42.5 Å². The predicted octanol–water partition coefficient (Wildman–Crippen LogP) is 3.54. The number of rotatable bonds is 6. The van der Waals surface area contributed by atoms with Crippen LogP contribution in [0.4, 0.5) is 0 Å². The molecule has 2 heterocycles. The van der Waals surface area contributed by atoms with Gasteiger partial charge in [0.2, 0.25) is 0 Å². The molecule has 0 fully saturated rings. The monoisotopic (exact) mass is 376 g/mol. The van der Waals surface area contributed by atoms with E-state index in [4.69, 9.17) is 9.26 Å². The molecule has 0 saturated carbocycles. The molecule has 0 aliphatic heterocycles. The SMILES string of the molecule is COc1ccc2[nH]c(-c3nc(CCN(C)C(=O)c4ccccc4)no3)cc2c1. The Morgan fingerprint density at radius 2 is 2.00 bits per heavy atom. The Morgan fingerprint density at radius 1 is 1.18 bits per heavy atom. The molecule has 1 N–H and O–H groups in total. The van der Waals surface area contributed by atoms with Crippen molar-refractivity contribution >= 4 is 16.8 Å². The Labute approximate surface area is 161 Å². The van der Waals surface area contributed by atoms with E-state index >= 15 is 0 Å². The highest BCUT2D eigenvalue weighted by atomic mass is 16.5. The number of nitrogens with zero attached hydrogens (tertiary/aromatic N) is 3. The molecular formula is C21H20N4O3. The molecule has 2 aromatic carbocycles. The van der Waals surface area contributed by atoms with Gasteiger partial charge in [0, 0.05) is 36.5 Å². The Bertz CT molecular complexity index is 1100. The number of nitrogens with one attached hydrogen (secondary N) is 1. The number of aromatic nitrogens is 3. The lowest BCUT2D eigenvalue weighted by molar-refractivity contribution is 0.0796. The number of methoxy groups -OCH3 is 1. The highest BCUT2D eigenvalue weighted by Crippen LogP contribution is 2.26. The molecule has 28 heavy (non-hydrogen) atoms. The number of carbonyl (C=O) groups excluding carboxylic acids is 1. The van der Waals surface area contributed by atoms with Gasteiger partial charge in [-0.05, 0) is 36.4 Å². The molecule has 1 amide bonds. The maximum absolute atomic E-state index is 12.4. The fourth-order valence-corrected chi connectivity index (χ4v) is 2.99. The molecule has 0 aliphatic carbocycles. The number of fused-ring (bicyclic) bond motifs is 1. The highest BCUT2D eigenvalue weighted by molar-refractivity contribution is 5.94. The van der Waals surface area contributed by atoms with Crippen LogP contribution in [-0.4, -0.2) is 46.6 Å². The van der Waals surface area contributed by atoms with E-state index in [1.54, 1.807) is 31.2 Å². The smallest absolute Gasteiger partial charge is 0.274 e. The number of benzene rings is 2. The van der Waals surface area contributed by atoms with Crippen molar-refractivity contribution in [3.05, 3.63) is 66.0 Å². The summed E-state index contributed by atoms with van der Waals surface area (Å²) in [5, 5.41) is 5.03. The van der Waals surface area contributed by atoms with Gasteiger partial charge >= 0.3 is 0 Å². The minimum atomic E-state index is -0.0334. The summed E-state index contributed by atoms with van der Waals surface area (Å²) >= 11 is 0. The first-order valence-corrected chi connectivity index (χ1v) is 8.94. The average molecular weight is 376 g/mol. The number of ether oxygens (including phenoxy) is 1. The zero-order valence-electron chi connectivity index (χ0n) is 15.7. The molecule has 0 unspecified atom stereocenters. The van der Waals surface area contributed by atoms with Crippen molar-refractivity contribution in [1.29, 1.82) is 0 Å². The van der Waals surface area contributed by atoms with Crippen LogP contribution in [0.3, 0.4) is 0 Å². The van der Waals surface area contributed by atoms with Gasteiger partial charge < -0.3 is 19.1 Å². The van der Waals surface area contributed by atoms with Gasteiger partial charge in [0.1, 0.15) is 11.4 Å². The topological polar surface area (TPSA) is 84.2 Å². The third-order valence-corrected chi connectivity index (χ3v) is 4.56. The average Bonchev–Trinajstić information content (AvgIpc) is 3.38. The van der Waals surface area contributed by atoms with E-state index in [-0.39, 0.29) is 5.91 Å². The van der Waals surface area contributed by atoms with Crippen LogP contribution < -0.4 is 4.74 Å². The lowest BCUT2D eigenvalue weighted by atomic mass is 10.2. The summed E-state index contributed by atoms with van der Waals surface area (Å²) in [6.07, 6.45) is 0.507. The van der Waals surface area contributed by atoms with E-state index in [0.29, 0.717) is 30.2 Å². The Kier molecular flexibility index (Phi) is 4.80. The van der Waals surface area contributed by atoms with Crippen molar-refractivity contribution in [2.24, 2.45) is 0 Å². The van der Waals surface area contributed by atoms with Gasteiger partial charge in [-0.1, -0.05) is 23.4 Å². The highest BCUT2D eigenvalue weighted by Gasteiger charge is 2.15. The fourth-order valence-electron chi connectivity index (χ4n) is 2.99. The number of likely N-dealkylation sites (N-methyl/N-ethyl adjacent to an activating group) is 1. The molecule has 0 radical (unpaired) electrons. The van der Waals surface area contributed by atoms with Crippen molar-refractivity contribution in [3.8, 4) is 17.3 Å². The van der Waals surface area contributed by atoms with E-state index < -0.39 is 0 Å². The number of aromatic amines is 1. The molecule has 7 nitrogen and oxygen atoms in total. The number of H-pyrrole nitrogens is 1. The van der Waals surface area contributed by atoms with Crippen molar-refractivity contribution in [2.45, 2.75) is 6.42 Å². The summed E-state index contributed by atoms with van der Waals surface area (Å²) in [7, 11) is 3.40. The maximum atomic E-state index is 12.4. The van der Waals surface area contributed by atoms with Crippen LogP contribution in [0.15, 0.2) is 59.1 Å². The van der Waals surface area contributed by atoms with Gasteiger partial charge in [-0.25, -0.2) is 0 Å². The molecule has 0 atom stereocenters. The Balaban J connectivity index is 1.44. The molecular weight excluding hydrogens is 356 g/mol. The Hall–Kier alpha value is -3.61. The molecule has 2 aromatic heterocycles. The summed E-state index contributed by atoms with van der Waals surface area (Å²) in [6, 6.07) is 16.9. The summed E-state index contributed by atoms with van der Waals surface area (Å²) in [4.78, 5) is 21.8. The minimum absolute atomic E-state index is 0.0334. The number of amides is 1. The molecule has 0 spiro atoms.